The van der Waals surface area contributed by atoms with Crippen LogP contribution in [-0.4, -0.2) is 37.9 Å². The summed E-state index contributed by atoms with van der Waals surface area (Å²) in [6.07, 6.45) is -0.303. The van der Waals surface area contributed by atoms with Gasteiger partial charge in [-0.15, -0.1) is 5.10 Å². The fraction of sp³-hybridized carbons (Fsp3) is 0.700. The van der Waals surface area contributed by atoms with E-state index in [0.717, 1.165) is 5.82 Å². The zero-order chi connectivity index (χ0) is 12.6. The van der Waals surface area contributed by atoms with E-state index in [4.69, 9.17) is 4.74 Å². The van der Waals surface area contributed by atoms with Crippen molar-refractivity contribution >= 4 is 22.0 Å². The molecule has 0 N–H and O–H groups in total. The van der Waals surface area contributed by atoms with Gasteiger partial charge in [0.25, 0.3) is 0 Å². The normalized spacial score (nSPS) is 15.6. The van der Waals surface area contributed by atoms with E-state index in [-0.39, 0.29) is 6.09 Å². The van der Waals surface area contributed by atoms with E-state index < -0.39 is 5.60 Å². The van der Waals surface area contributed by atoms with Crippen molar-refractivity contribution in [2.45, 2.75) is 39.5 Å². The number of hydrogen-bond donors (Lipinski definition) is 0. The first kappa shape index (κ1) is 12.3. The molecule has 1 aromatic heterocycles. The van der Waals surface area contributed by atoms with Gasteiger partial charge in [0.05, 0.1) is 13.1 Å². The number of amides is 1. The lowest BCUT2D eigenvalue weighted by atomic mass is 10.2. The van der Waals surface area contributed by atoms with Gasteiger partial charge in [-0.25, -0.2) is 14.5 Å². The number of ether oxygens (including phenoxy) is 1. The number of aromatic nitrogens is 3. The molecule has 0 fully saturated rings. The fourth-order valence-corrected chi connectivity index (χ4v) is 1.98. The van der Waals surface area contributed by atoms with E-state index >= 15 is 0 Å². The highest BCUT2D eigenvalue weighted by Crippen LogP contribution is 2.16. The number of carbonyl (C=O) groups excluding carboxylic acids is 1. The summed E-state index contributed by atoms with van der Waals surface area (Å²) in [4.78, 5) is 17.7. The van der Waals surface area contributed by atoms with Crippen LogP contribution in [0.1, 0.15) is 26.6 Å². The lowest BCUT2D eigenvalue weighted by Crippen LogP contribution is -2.41. The maximum Gasteiger partial charge on any atom is 0.410 e. The van der Waals surface area contributed by atoms with Gasteiger partial charge in [-0.05, 0) is 36.7 Å². The van der Waals surface area contributed by atoms with E-state index in [2.05, 4.69) is 26.0 Å². The highest BCUT2D eigenvalue weighted by Gasteiger charge is 2.27. The third-order valence-corrected chi connectivity index (χ3v) is 2.62. The van der Waals surface area contributed by atoms with Gasteiger partial charge in [0, 0.05) is 6.54 Å². The van der Waals surface area contributed by atoms with Gasteiger partial charge in [-0.3, -0.25) is 4.90 Å². The Bertz CT molecular complexity index is 438. The molecular formula is C10H15BrN4O2. The van der Waals surface area contributed by atoms with Gasteiger partial charge in [0.15, 0.2) is 0 Å². The molecule has 0 radical (unpaired) electrons. The molecule has 0 saturated heterocycles. The molecule has 0 atom stereocenters. The van der Waals surface area contributed by atoms with Crippen LogP contribution in [0.15, 0.2) is 4.73 Å². The summed E-state index contributed by atoms with van der Waals surface area (Å²) in [6, 6.07) is 0. The van der Waals surface area contributed by atoms with Gasteiger partial charge in [-0.2, -0.15) is 0 Å². The van der Waals surface area contributed by atoms with Gasteiger partial charge < -0.3 is 4.74 Å². The average molecular weight is 303 g/mol. The second-order valence-electron chi connectivity index (χ2n) is 4.92. The number of hydrogen-bond acceptors (Lipinski definition) is 4. The van der Waals surface area contributed by atoms with E-state index in [9.17, 15) is 4.79 Å². The third kappa shape index (κ3) is 2.96. The Morgan fingerprint density at radius 2 is 2.12 bits per heavy atom. The van der Waals surface area contributed by atoms with Crippen LogP contribution in [0.25, 0.3) is 0 Å². The molecule has 6 nitrogen and oxygen atoms in total. The number of nitrogens with zero attached hydrogens (tertiary/aromatic N) is 4. The maximum absolute atomic E-state index is 11.9. The van der Waals surface area contributed by atoms with E-state index in [1.165, 1.54) is 0 Å². The van der Waals surface area contributed by atoms with Crippen LogP contribution in [0, 0.1) is 0 Å². The summed E-state index contributed by atoms with van der Waals surface area (Å²) in [6.45, 7) is 7.24. The molecule has 0 spiro atoms. The SMILES string of the molecule is CC(C)(C)OC(=O)N1CCn2nc(Br)nc2C1. The zero-order valence-electron chi connectivity index (χ0n) is 10.1. The fourth-order valence-electron chi connectivity index (χ4n) is 1.59. The summed E-state index contributed by atoms with van der Waals surface area (Å²) in [5.41, 5.74) is -0.469. The Kier molecular flexibility index (Phi) is 3.11. The van der Waals surface area contributed by atoms with Gasteiger partial charge in [0.1, 0.15) is 11.4 Å². The molecule has 1 aliphatic heterocycles. The molecule has 1 aliphatic rings. The molecule has 1 aromatic rings. The van der Waals surface area contributed by atoms with Crippen molar-refractivity contribution < 1.29 is 9.53 Å². The maximum atomic E-state index is 11.9. The van der Waals surface area contributed by atoms with Crippen LogP contribution in [0.3, 0.4) is 0 Å². The van der Waals surface area contributed by atoms with Crippen LogP contribution in [0.2, 0.25) is 0 Å². The quantitative estimate of drug-likeness (QED) is 0.733. The summed E-state index contributed by atoms with van der Waals surface area (Å²) < 4.78 is 7.67. The largest absolute Gasteiger partial charge is 0.444 e. The van der Waals surface area contributed by atoms with Crippen molar-refractivity contribution in [3.8, 4) is 0 Å². The predicted molar refractivity (Wildman–Crippen MR) is 64.4 cm³/mol. The molecule has 17 heavy (non-hydrogen) atoms. The first-order valence-corrected chi connectivity index (χ1v) is 6.21. The van der Waals surface area contributed by atoms with Crippen molar-refractivity contribution in [3.05, 3.63) is 10.6 Å². The van der Waals surface area contributed by atoms with Gasteiger partial charge in [-0.1, -0.05) is 0 Å². The molecule has 0 saturated carbocycles. The summed E-state index contributed by atoms with van der Waals surface area (Å²) in [5.74, 6) is 0.772. The molecule has 2 heterocycles. The Labute approximate surface area is 108 Å². The summed E-state index contributed by atoms with van der Waals surface area (Å²) in [5, 5.41) is 4.16. The number of fused-ring (bicyclic) bond motifs is 1. The van der Waals surface area contributed by atoms with Crippen molar-refractivity contribution in [3.63, 3.8) is 0 Å². The molecule has 0 aromatic carbocycles. The Hall–Kier alpha value is -1.11. The lowest BCUT2D eigenvalue weighted by molar-refractivity contribution is 0.0190. The number of halogens is 1. The summed E-state index contributed by atoms with van der Waals surface area (Å²) >= 11 is 3.22. The smallest absolute Gasteiger partial charge is 0.410 e. The number of rotatable bonds is 0. The van der Waals surface area contributed by atoms with E-state index in [0.29, 0.717) is 24.4 Å². The van der Waals surface area contributed by atoms with Crippen LogP contribution in [-0.2, 0) is 17.8 Å². The monoisotopic (exact) mass is 302 g/mol. The van der Waals surface area contributed by atoms with Crippen LogP contribution in [0.5, 0.6) is 0 Å². The van der Waals surface area contributed by atoms with Crippen molar-refractivity contribution in [1.29, 1.82) is 0 Å². The Morgan fingerprint density at radius 1 is 1.41 bits per heavy atom. The van der Waals surface area contributed by atoms with Crippen molar-refractivity contribution in [1.82, 2.24) is 19.7 Å². The minimum absolute atomic E-state index is 0.303. The standard InChI is InChI=1S/C10H15BrN4O2/c1-10(2,3)17-9(16)14-4-5-15-7(6-14)12-8(11)13-15/h4-6H2,1-3H3. The lowest BCUT2D eigenvalue weighted by Gasteiger charge is -2.29. The Morgan fingerprint density at radius 3 is 2.76 bits per heavy atom. The molecule has 0 aliphatic carbocycles. The molecule has 0 bridgehead atoms. The predicted octanol–water partition coefficient (Wildman–Crippen LogP) is 1.79. The topological polar surface area (TPSA) is 60.2 Å². The molecule has 0 unspecified atom stereocenters. The number of carbonyl (C=O) groups is 1. The molecule has 2 rings (SSSR count). The first-order chi connectivity index (χ1) is 7.85. The molecule has 1 amide bonds. The van der Waals surface area contributed by atoms with Crippen LogP contribution < -0.4 is 0 Å². The van der Waals surface area contributed by atoms with Crippen molar-refractivity contribution in [2.24, 2.45) is 0 Å². The zero-order valence-corrected chi connectivity index (χ0v) is 11.7. The Balaban J connectivity index is 2.05. The first-order valence-electron chi connectivity index (χ1n) is 5.42. The second kappa shape index (κ2) is 4.29. The molecular weight excluding hydrogens is 288 g/mol. The highest BCUT2D eigenvalue weighted by atomic mass is 79.9. The molecule has 7 heteroatoms. The van der Waals surface area contributed by atoms with Crippen molar-refractivity contribution in [2.75, 3.05) is 6.54 Å². The highest BCUT2D eigenvalue weighted by molar-refractivity contribution is 9.10. The minimum Gasteiger partial charge on any atom is -0.444 e. The van der Waals surface area contributed by atoms with Gasteiger partial charge in [0.2, 0.25) is 4.73 Å². The summed E-state index contributed by atoms with van der Waals surface area (Å²) in [7, 11) is 0. The third-order valence-electron chi connectivity index (χ3n) is 2.29. The second-order valence-corrected chi connectivity index (χ2v) is 5.63. The van der Waals surface area contributed by atoms with Gasteiger partial charge >= 0.3 is 6.09 Å². The van der Waals surface area contributed by atoms with Crippen LogP contribution >= 0.6 is 15.9 Å². The van der Waals surface area contributed by atoms with E-state index in [1.807, 2.05) is 20.8 Å². The minimum atomic E-state index is -0.469. The average Bonchev–Trinajstić information content (AvgIpc) is 2.53. The van der Waals surface area contributed by atoms with E-state index in [1.54, 1.807) is 9.58 Å². The van der Waals surface area contributed by atoms with Crippen LogP contribution in [0.4, 0.5) is 4.79 Å². The molecule has 94 valence electrons.